The molecule has 3 heteroatoms. The molecule has 0 heterocycles. The van der Waals surface area contributed by atoms with E-state index in [-0.39, 0.29) is 5.41 Å². The third-order valence-electron chi connectivity index (χ3n) is 3.97. The van der Waals surface area contributed by atoms with E-state index in [2.05, 4.69) is 0 Å². The lowest BCUT2D eigenvalue weighted by molar-refractivity contribution is -0.133. The molecular weight excluding hydrogens is 234 g/mol. The van der Waals surface area contributed by atoms with E-state index in [0.29, 0.717) is 11.9 Å². The molecule has 2 fully saturated rings. The van der Waals surface area contributed by atoms with Crippen molar-refractivity contribution in [3.63, 3.8) is 0 Å². The Labute approximate surface area is 107 Å². The van der Waals surface area contributed by atoms with Crippen molar-refractivity contribution in [3.05, 3.63) is 34.9 Å². The molecule has 0 aliphatic heterocycles. The van der Waals surface area contributed by atoms with Gasteiger partial charge in [-0.1, -0.05) is 23.7 Å². The van der Waals surface area contributed by atoms with Crippen molar-refractivity contribution in [2.24, 2.45) is 0 Å². The Morgan fingerprint density at radius 2 is 1.88 bits per heavy atom. The van der Waals surface area contributed by atoms with Crippen LogP contribution >= 0.6 is 11.6 Å². The van der Waals surface area contributed by atoms with Gasteiger partial charge in [-0.15, -0.1) is 0 Å². The van der Waals surface area contributed by atoms with Crippen molar-refractivity contribution >= 4 is 17.5 Å². The molecule has 0 atom stereocenters. The van der Waals surface area contributed by atoms with Crippen LogP contribution in [0.15, 0.2) is 24.3 Å². The van der Waals surface area contributed by atoms with Crippen LogP contribution < -0.4 is 0 Å². The Balaban J connectivity index is 1.85. The number of carbonyl (C=O) groups excluding carboxylic acids is 1. The predicted octanol–water partition coefficient (Wildman–Crippen LogP) is 2.99. The topological polar surface area (TPSA) is 20.3 Å². The highest BCUT2D eigenvalue weighted by atomic mass is 35.5. The molecule has 0 spiro atoms. The standard InChI is InChI=1S/C14H16ClNO/c1-16(12-6-7-12)13(17)14(8-9-14)10-2-4-11(15)5-3-10/h2-5,12H,6-9H2,1H3. The fourth-order valence-electron chi connectivity index (χ4n) is 2.49. The summed E-state index contributed by atoms with van der Waals surface area (Å²) in [4.78, 5) is 14.4. The van der Waals surface area contributed by atoms with Gasteiger partial charge in [0.15, 0.2) is 0 Å². The molecule has 1 amide bonds. The Kier molecular flexibility index (Phi) is 2.44. The molecule has 0 radical (unpaired) electrons. The van der Waals surface area contributed by atoms with Gasteiger partial charge in [0.05, 0.1) is 5.41 Å². The van der Waals surface area contributed by atoms with Crippen LogP contribution in [0.2, 0.25) is 5.02 Å². The minimum absolute atomic E-state index is 0.234. The molecule has 90 valence electrons. The number of amides is 1. The number of nitrogens with zero attached hydrogens (tertiary/aromatic N) is 1. The van der Waals surface area contributed by atoms with Crippen LogP contribution in [-0.2, 0) is 10.2 Å². The van der Waals surface area contributed by atoms with Crippen molar-refractivity contribution in [2.75, 3.05) is 7.05 Å². The maximum Gasteiger partial charge on any atom is 0.233 e. The van der Waals surface area contributed by atoms with Gasteiger partial charge in [0, 0.05) is 18.1 Å². The monoisotopic (exact) mass is 249 g/mol. The molecule has 2 nitrogen and oxygen atoms in total. The van der Waals surface area contributed by atoms with E-state index in [1.807, 2.05) is 36.2 Å². The fraction of sp³-hybridized carbons (Fsp3) is 0.500. The molecular formula is C14H16ClNO. The highest BCUT2D eigenvalue weighted by molar-refractivity contribution is 6.30. The lowest BCUT2D eigenvalue weighted by Gasteiger charge is -2.23. The highest BCUT2D eigenvalue weighted by Crippen LogP contribution is 2.50. The van der Waals surface area contributed by atoms with E-state index in [0.717, 1.165) is 23.4 Å². The minimum Gasteiger partial charge on any atom is -0.342 e. The van der Waals surface area contributed by atoms with Crippen molar-refractivity contribution in [1.29, 1.82) is 0 Å². The first-order valence-corrected chi connectivity index (χ1v) is 6.55. The largest absolute Gasteiger partial charge is 0.342 e. The third-order valence-corrected chi connectivity index (χ3v) is 4.22. The number of rotatable bonds is 3. The van der Waals surface area contributed by atoms with Gasteiger partial charge in [-0.2, -0.15) is 0 Å². The van der Waals surface area contributed by atoms with Crippen LogP contribution in [0, 0.1) is 0 Å². The molecule has 3 rings (SSSR count). The second-order valence-electron chi connectivity index (χ2n) is 5.24. The summed E-state index contributed by atoms with van der Waals surface area (Å²) in [6.45, 7) is 0. The van der Waals surface area contributed by atoms with Gasteiger partial charge in [-0.3, -0.25) is 4.79 Å². The van der Waals surface area contributed by atoms with Crippen LogP contribution in [-0.4, -0.2) is 23.9 Å². The Morgan fingerprint density at radius 3 is 2.35 bits per heavy atom. The van der Waals surface area contributed by atoms with E-state index in [1.165, 1.54) is 12.8 Å². The summed E-state index contributed by atoms with van der Waals surface area (Å²) in [5.74, 6) is 0.294. The second kappa shape index (κ2) is 3.74. The summed E-state index contributed by atoms with van der Waals surface area (Å²) in [7, 11) is 1.94. The number of halogens is 1. The Bertz CT molecular complexity index is 446. The number of likely N-dealkylation sites (N-methyl/N-ethyl adjacent to an activating group) is 1. The maximum atomic E-state index is 12.5. The van der Waals surface area contributed by atoms with Gasteiger partial charge < -0.3 is 4.90 Å². The Hall–Kier alpha value is -1.02. The van der Waals surface area contributed by atoms with E-state index in [9.17, 15) is 4.79 Å². The first-order chi connectivity index (χ1) is 8.13. The summed E-state index contributed by atoms with van der Waals surface area (Å²) in [6.07, 6.45) is 4.28. The number of hydrogen-bond acceptors (Lipinski definition) is 1. The van der Waals surface area contributed by atoms with E-state index in [1.54, 1.807) is 0 Å². The van der Waals surface area contributed by atoms with E-state index < -0.39 is 0 Å². The molecule has 0 unspecified atom stereocenters. The van der Waals surface area contributed by atoms with Gasteiger partial charge in [0.25, 0.3) is 0 Å². The summed E-state index contributed by atoms with van der Waals surface area (Å²) in [6, 6.07) is 8.23. The van der Waals surface area contributed by atoms with Gasteiger partial charge in [-0.05, 0) is 43.4 Å². The third kappa shape index (κ3) is 1.85. The number of carbonyl (C=O) groups is 1. The van der Waals surface area contributed by atoms with Crippen LogP contribution in [0.3, 0.4) is 0 Å². The van der Waals surface area contributed by atoms with Crippen LogP contribution in [0.4, 0.5) is 0 Å². The SMILES string of the molecule is CN(C(=O)C1(c2ccc(Cl)cc2)CC1)C1CC1. The summed E-state index contributed by atoms with van der Waals surface area (Å²) in [5.41, 5.74) is 0.890. The highest BCUT2D eigenvalue weighted by Gasteiger charge is 2.53. The zero-order valence-corrected chi connectivity index (χ0v) is 10.7. The molecule has 17 heavy (non-hydrogen) atoms. The average Bonchev–Trinajstić information content (AvgIpc) is 3.19. The normalized spacial score (nSPS) is 21.1. The first-order valence-electron chi connectivity index (χ1n) is 6.17. The van der Waals surface area contributed by atoms with Gasteiger partial charge >= 0.3 is 0 Å². The minimum atomic E-state index is -0.234. The van der Waals surface area contributed by atoms with Gasteiger partial charge in [0.2, 0.25) is 5.91 Å². The molecule has 0 saturated heterocycles. The van der Waals surface area contributed by atoms with Gasteiger partial charge in [0.1, 0.15) is 0 Å². The zero-order chi connectivity index (χ0) is 12.0. The summed E-state index contributed by atoms with van der Waals surface area (Å²) >= 11 is 5.89. The zero-order valence-electron chi connectivity index (χ0n) is 9.95. The lowest BCUT2D eigenvalue weighted by atomic mass is 9.94. The quantitative estimate of drug-likeness (QED) is 0.807. The molecule has 2 aliphatic carbocycles. The molecule has 2 aliphatic rings. The molecule has 0 aromatic heterocycles. The van der Waals surface area contributed by atoms with Crippen LogP contribution in [0.5, 0.6) is 0 Å². The maximum absolute atomic E-state index is 12.5. The molecule has 1 aromatic rings. The van der Waals surface area contributed by atoms with Crippen molar-refractivity contribution < 1.29 is 4.79 Å². The number of benzene rings is 1. The molecule has 2 saturated carbocycles. The smallest absolute Gasteiger partial charge is 0.233 e. The van der Waals surface area contributed by atoms with Gasteiger partial charge in [-0.25, -0.2) is 0 Å². The van der Waals surface area contributed by atoms with Crippen molar-refractivity contribution in [2.45, 2.75) is 37.1 Å². The predicted molar refractivity (Wildman–Crippen MR) is 68.2 cm³/mol. The summed E-state index contributed by atoms with van der Waals surface area (Å²) in [5, 5.41) is 0.729. The van der Waals surface area contributed by atoms with Crippen molar-refractivity contribution in [3.8, 4) is 0 Å². The molecule has 0 bridgehead atoms. The number of hydrogen-bond donors (Lipinski definition) is 0. The average molecular weight is 250 g/mol. The first kappa shape index (κ1) is 11.1. The van der Waals surface area contributed by atoms with Crippen LogP contribution in [0.1, 0.15) is 31.2 Å². The molecule has 0 N–H and O–H groups in total. The van der Waals surface area contributed by atoms with E-state index in [4.69, 9.17) is 11.6 Å². The second-order valence-corrected chi connectivity index (χ2v) is 5.67. The van der Waals surface area contributed by atoms with Crippen LogP contribution in [0.25, 0.3) is 0 Å². The Morgan fingerprint density at radius 1 is 1.29 bits per heavy atom. The van der Waals surface area contributed by atoms with Crippen molar-refractivity contribution in [1.82, 2.24) is 4.90 Å². The molecule has 1 aromatic carbocycles. The fourth-order valence-corrected chi connectivity index (χ4v) is 2.61. The van der Waals surface area contributed by atoms with E-state index >= 15 is 0 Å². The lowest BCUT2D eigenvalue weighted by Crippen LogP contribution is -2.37. The summed E-state index contributed by atoms with van der Waals surface area (Å²) < 4.78 is 0.